The number of aryl methyl sites for hydroxylation is 1. The van der Waals surface area contributed by atoms with Gasteiger partial charge in [-0.15, -0.1) is 0 Å². The van der Waals surface area contributed by atoms with Gasteiger partial charge in [0.2, 0.25) is 5.91 Å². The van der Waals surface area contributed by atoms with E-state index in [1.165, 1.54) is 23.9 Å². The summed E-state index contributed by atoms with van der Waals surface area (Å²) in [7, 11) is 0. The number of hydrogen-bond acceptors (Lipinski definition) is 4. The Morgan fingerprint density at radius 3 is 2.50 bits per heavy atom. The van der Waals surface area contributed by atoms with E-state index in [1.807, 2.05) is 30.3 Å². The van der Waals surface area contributed by atoms with E-state index in [1.54, 1.807) is 19.1 Å². The third kappa shape index (κ3) is 5.53. The lowest BCUT2D eigenvalue weighted by Gasteiger charge is -2.08. The van der Waals surface area contributed by atoms with Crippen molar-refractivity contribution >= 4 is 17.7 Å². The molecule has 2 N–H and O–H groups in total. The van der Waals surface area contributed by atoms with Gasteiger partial charge in [0.15, 0.2) is 5.16 Å². The molecule has 1 amide bonds. The number of hydrogen-bond donors (Lipinski definition) is 2. The lowest BCUT2D eigenvalue weighted by molar-refractivity contribution is -0.118. The van der Waals surface area contributed by atoms with E-state index in [-0.39, 0.29) is 23.0 Å². The number of aromatic amines is 1. The zero-order valence-corrected chi connectivity index (χ0v) is 16.2. The Labute approximate surface area is 166 Å². The predicted molar refractivity (Wildman–Crippen MR) is 108 cm³/mol. The van der Waals surface area contributed by atoms with E-state index in [4.69, 9.17) is 0 Å². The van der Waals surface area contributed by atoms with Gasteiger partial charge in [0.05, 0.1) is 5.75 Å². The first kappa shape index (κ1) is 19.8. The monoisotopic (exact) mass is 397 g/mol. The quantitative estimate of drug-likeness (QED) is 0.474. The first-order valence-electron chi connectivity index (χ1n) is 8.79. The number of nitrogens with zero attached hydrogens (tertiary/aromatic N) is 1. The lowest BCUT2D eigenvalue weighted by atomic mass is 10.1. The third-order valence-corrected chi connectivity index (χ3v) is 5.04. The SMILES string of the molecule is Cc1nc(SCC(=O)NCc2ccc(F)cc2)[nH]c(=O)c1Cc1ccccc1. The molecule has 0 bridgehead atoms. The maximum atomic E-state index is 12.9. The summed E-state index contributed by atoms with van der Waals surface area (Å²) < 4.78 is 12.9. The van der Waals surface area contributed by atoms with E-state index in [0.29, 0.717) is 29.4 Å². The summed E-state index contributed by atoms with van der Waals surface area (Å²) in [5.41, 5.74) is 2.94. The minimum atomic E-state index is -0.313. The topological polar surface area (TPSA) is 74.8 Å². The van der Waals surface area contributed by atoms with Crippen molar-refractivity contribution in [1.82, 2.24) is 15.3 Å². The van der Waals surface area contributed by atoms with E-state index >= 15 is 0 Å². The van der Waals surface area contributed by atoms with Gasteiger partial charge in [0, 0.05) is 24.2 Å². The van der Waals surface area contributed by atoms with Gasteiger partial charge < -0.3 is 10.3 Å². The Morgan fingerprint density at radius 2 is 1.82 bits per heavy atom. The summed E-state index contributed by atoms with van der Waals surface area (Å²) in [6.07, 6.45) is 0.512. The number of rotatable bonds is 7. The van der Waals surface area contributed by atoms with Crippen molar-refractivity contribution in [2.75, 3.05) is 5.75 Å². The number of aromatic nitrogens is 2. The summed E-state index contributed by atoms with van der Waals surface area (Å²) >= 11 is 1.17. The second-order valence-corrected chi connectivity index (χ2v) is 7.25. The molecule has 0 saturated heterocycles. The second-order valence-electron chi connectivity index (χ2n) is 6.29. The van der Waals surface area contributed by atoms with Crippen LogP contribution in [0.5, 0.6) is 0 Å². The Morgan fingerprint density at radius 1 is 1.11 bits per heavy atom. The number of nitrogens with one attached hydrogen (secondary N) is 2. The standard InChI is InChI=1S/C21H20FN3O2S/c1-14-18(11-15-5-3-2-4-6-15)20(27)25-21(24-14)28-13-19(26)23-12-16-7-9-17(22)10-8-16/h2-10H,11-13H2,1H3,(H,23,26)(H,24,25,27). The van der Waals surface area contributed by atoms with Gasteiger partial charge in [-0.3, -0.25) is 9.59 Å². The van der Waals surface area contributed by atoms with Gasteiger partial charge in [-0.25, -0.2) is 9.37 Å². The minimum absolute atomic E-state index is 0.127. The van der Waals surface area contributed by atoms with Gasteiger partial charge in [0.1, 0.15) is 5.82 Å². The fraction of sp³-hybridized carbons (Fsp3) is 0.190. The van der Waals surface area contributed by atoms with Crippen LogP contribution in [-0.2, 0) is 17.8 Å². The number of thioether (sulfide) groups is 1. The van der Waals surface area contributed by atoms with Crippen LogP contribution in [0.1, 0.15) is 22.4 Å². The third-order valence-electron chi connectivity index (χ3n) is 4.17. The van der Waals surface area contributed by atoms with E-state index in [9.17, 15) is 14.0 Å². The zero-order chi connectivity index (χ0) is 19.9. The molecule has 0 radical (unpaired) electrons. The second kappa shape index (κ2) is 9.32. The minimum Gasteiger partial charge on any atom is -0.351 e. The van der Waals surface area contributed by atoms with Gasteiger partial charge in [-0.2, -0.15) is 0 Å². The van der Waals surface area contributed by atoms with Crippen LogP contribution in [0.2, 0.25) is 0 Å². The molecule has 0 atom stereocenters. The number of amides is 1. The van der Waals surface area contributed by atoms with E-state index in [0.717, 1.165) is 11.1 Å². The first-order valence-corrected chi connectivity index (χ1v) is 9.77. The number of halogens is 1. The van der Waals surface area contributed by atoms with Crippen molar-refractivity contribution in [3.8, 4) is 0 Å². The predicted octanol–water partition coefficient (Wildman–Crippen LogP) is 3.22. The average molecular weight is 397 g/mol. The molecule has 3 rings (SSSR count). The van der Waals surface area contributed by atoms with Gasteiger partial charge in [0.25, 0.3) is 5.56 Å². The molecule has 3 aromatic rings. The van der Waals surface area contributed by atoms with Crippen LogP contribution in [0.15, 0.2) is 64.5 Å². The smallest absolute Gasteiger partial charge is 0.255 e. The Bertz CT molecular complexity index is 1000. The van der Waals surface area contributed by atoms with Crippen molar-refractivity contribution in [1.29, 1.82) is 0 Å². The lowest BCUT2D eigenvalue weighted by Crippen LogP contribution is -2.25. The van der Waals surface area contributed by atoms with Crippen molar-refractivity contribution in [2.45, 2.75) is 25.0 Å². The highest BCUT2D eigenvalue weighted by molar-refractivity contribution is 7.99. The summed E-state index contributed by atoms with van der Waals surface area (Å²) in [5.74, 6) is -0.378. The summed E-state index contributed by atoms with van der Waals surface area (Å²) in [5, 5.41) is 3.17. The van der Waals surface area contributed by atoms with Gasteiger partial charge in [-0.05, 0) is 30.2 Å². The Hall–Kier alpha value is -2.93. The summed E-state index contributed by atoms with van der Waals surface area (Å²) in [6, 6.07) is 15.7. The zero-order valence-electron chi connectivity index (χ0n) is 15.4. The summed E-state index contributed by atoms with van der Waals surface area (Å²) in [6.45, 7) is 2.12. The maximum Gasteiger partial charge on any atom is 0.255 e. The largest absolute Gasteiger partial charge is 0.351 e. The molecule has 0 fully saturated rings. The maximum absolute atomic E-state index is 12.9. The highest BCUT2D eigenvalue weighted by Gasteiger charge is 2.11. The molecule has 2 aromatic carbocycles. The summed E-state index contributed by atoms with van der Waals surface area (Å²) in [4.78, 5) is 31.6. The molecule has 144 valence electrons. The number of benzene rings is 2. The highest BCUT2D eigenvalue weighted by Crippen LogP contribution is 2.14. The molecule has 0 aliphatic heterocycles. The van der Waals surface area contributed by atoms with Crippen molar-refractivity contribution in [3.05, 3.63) is 93.2 Å². The van der Waals surface area contributed by atoms with Gasteiger partial charge in [-0.1, -0.05) is 54.2 Å². The van der Waals surface area contributed by atoms with Crippen LogP contribution in [-0.4, -0.2) is 21.6 Å². The van der Waals surface area contributed by atoms with Crippen LogP contribution >= 0.6 is 11.8 Å². The Kier molecular flexibility index (Phi) is 6.60. The van der Waals surface area contributed by atoms with Crippen LogP contribution in [0.25, 0.3) is 0 Å². The fourth-order valence-corrected chi connectivity index (χ4v) is 3.39. The van der Waals surface area contributed by atoms with Crippen molar-refractivity contribution in [2.24, 2.45) is 0 Å². The molecule has 28 heavy (non-hydrogen) atoms. The molecule has 0 saturated carbocycles. The molecular weight excluding hydrogens is 377 g/mol. The van der Waals surface area contributed by atoms with Crippen LogP contribution in [0.3, 0.4) is 0 Å². The van der Waals surface area contributed by atoms with Crippen molar-refractivity contribution < 1.29 is 9.18 Å². The number of carbonyl (C=O) groups excluding carboxylic acids is 1. The first-order chi connectivity index (χ1) is 13.5. The highest BCUT2D eigenvalue weighted by atomic mass is 32.2. The molecule has 0 unspecified atom stereocenters. The van der Waals surface area contributed by atoms with Crippen LogP contribution < -0.4 is 10.9 Å². The molecule has 0 aliphatic rings. The van der Waals surface area contributed by atoms with Crippen LogP contribution in [0.4, 0.5) is 4.39 Å². The molecule has 7 heteroatoms. The molecule has 0 aliphatic carbocycles. The number of carbonyl (C=O) groups is 1. The molecule has 1 aromatic heterocycles. The molecule has 0 spiro atoms. The van der Waals surface area contributed by atoms with E-state index < -0.39 is 0 Å². The fourth-order valence-electron chi connectivity index (χ4n) is 2.65. The average Bonchev–Trinajstić information content (AvgIpc) is 2.69. The molecular formula is C21H20FN3O2S. The van der Waals surface area contributed by atoms with Crippen molar-refractivity contribution in [3.63, 3.8) is 0 Å². The van der Waals surface area contributed by atoms with Gasteiger partial charge >= 0.3 is 0 Å². The molecule has 5 nitrogen and oxygen atoms in total. The van der Waals surface area contributed by atoms with E-state index in [2.05, 4.69) is 15.3 Å². The number of H-pyrrole nitrogens is 1. The Balaban J connectivity index is 1.56. The normalized spacial score (nSPS) is 10.6. The van der Waals surface area contributed by atoms with Crippen LogP contribution in [0, 0.1) is 12.7 Å². The molecule has 1 heterocycles.